The molecule has 1 aromatic heterocycles. The van der Waals surface area contributed by atoms with E-state index in [9.17, 15) is 14.0 Å². The molecule has 198 valence electrons. The van der Waals surface area contributed by atoms with Crippen molar-refractivity contribution in [2.24, 2.45) is 0 Å². The molecule has 1 amide bonds. The molecular formula is C28H32FN7O2. The van der Waals surface area contributed by atoms with Crippen LogP contribution in [0.15, 0.2) is 48.5 Å². The van der Waals surface area contributed by atoms with E-state index in [2.05, 4.69) is 20.4 Å². The Bertz CT molecular complexity index is 1220. The molecule has 0 spiro atoms. The van der Waals surface area contributed by atoms with Crippen molar-refractivity contribution in [1.29, 1.82) is 0 Å². The zero-order chi connectivity index (χ0) is 26.3. The van der Waals surface area contributed by atoms with Crippen molar-refractivity contribution in [3.8, 4) is 0 Å². The highest BCUT2D eigenvalue weighted by atomic mass is 19.1. The minimum Gasteiger partial charge on any atom is -0.341 e. The fraction of sp³-hybridized carbons (Fsp3) is 0.393. The number of hydrogen-bond acceptors (Lipinski definition) is 8. The molecule has 0 aliphatic carbocycles. The van der Waals surface area contributed by atoms with E-state index in [0.29, 0.717) is 29.1 Å². The van der Waals surface area contributed by atoms with E-state index < -0.39 is 11.7 Å². The topological polar surface area (TPSA) is 103 Å². The van der Waals surface area contributed by atoms with Gasteiger partial charge in [-0.1, -0.05) is 0 Å². The minimum absolute atomic E-state index is 0.309. The van der Waals surface area contributed by atoms with Crippen molar-refractivity contribution in [1.82, 2.24) is 15.0 Å². The summed E-state index contributed by atoms with van der Waals surface area (Å²) in [6.45, 7) is 3.76. The molecule has 10 heteroatoms. The lowest BCUT2D eigenvalue weighted by atomic mass is 10.1. The van der Waals surface area contributed by atoms with Gasteiger partial charge in [0.25, 0.3) is 0 Å². The number of nitrogens with one attached hydrogen (secondary N) is 2. The van der Waals surface area contributed by atoms with Crippen LogP contribution in [0.2, 0.25) is 0 Å². The lowest BCUT2D eigenvalue weighted by molar-refractivity contribution is -0.115. The van der Waals surface area contributed by atoms with Crippen LogP contribution in [0.5, 0.6) is 0 Å². The number of Topliss-reactive ketones (excluding diaryl/α,β-unsaturated/α-hetero) is 1. The second kappa shape index (κ2) is 12.0. The molecule has 2 aliphatic heterocycles. The van der Waals surface area contributed by atoms with Gasteiger partial charge in [0.15, 0.2) is 5.78 Å². The second-order valence-corrected chi connectivity index (χ2v) is 9.71. The summed E-state index contributed by atoms with van der Waals surface area (Å²) in [6, 6.07) is 12.3. The van der Waals surface area contributed by atoms with Crippen molar-refractivity contribution in [2.45, 2.75) is 44.9 Å². The summed E-state index contributed by atoms with van der Waals surface area (Å²) < 4.78 is 13.0. The first-order valence-electron chi connectivity index (χ1n) is 13.3. The Kier molecular flexibility index (Phi) is 8.06. The fourth-order valence-electron chi connectivity index (χ4n) is 4.74. The average molecular weight is 518 g/mol. The smallest absolute Gasteiger partial charge is 0.233 e. The number of rotatable bonds is 8. The first-order chi connectivity index (χ1) is 18.5. The fourth-order valence-corrected chi connectivity index (χ4v) is 4.74. The van der Waals surface area contributed by atoms with Crippen LogP contribution in [-0.4, -0.2) is 52.8 Å². The summed E-state index contributed by atoms with van der Waals surface area (Å²) >= 11 is 0. The first-order valence-corrected chi connectivity index (χ1v) is 13.3. The molecule has 2 aromatic carbocycles. The molecule has 2 N–H and O–H groups in total. The number of amides is 1. The number of benzene rings is 2. The van der Waals surface area contributed by atoms with Crippen LogP contribution in [0, 0.1) is 5.82 Å². The number of hydrogen-bond donors (Lipinski definition) is 2. The van der Waals surface area contributed by atoms with Gasteiger partial charge in [-0.15, -0.1) is 0 Å². The lowest BCUT2D eigenvalue weighted by Crippen LogP contribution is -2.34. The number of piperidine rings is 2. The molecule has 2 saturated heterocycles. The monoisotopic (exact) mass is 517 g/mol. The Labute approximate surface area is 221 Å². The van der Waals surface area contributed by atoms with Gasteiger partial charge in [-0.2, -0.15) is 15.0 Å². The number of nitrogens with zero attached hydrogens (tertiary/aromatic N) is 5. The number of ketones is 1. The third-order valence-electron chi connectivity index (χ3n) is 6.80. The first kappa shape index (κ1) is 25.6. The Hall–Kier alpha value is -4.08. The van der Waals surface area contributed by atoms with E-state index in [0.717, 1.165) is 57.5 Å². The maximum atomic E-state index is 13.0. The third kappa shape index (κ3) is 6.62. The van der Waals surface area contributed by atoms with Crippen molar-refractivity contribution in [3.63, 3.8) is 0 Å². The zero-order valence-corrected chi connectivity index (χ0v) is 21.3. The van der Waals surface area contributed by atoms with E-state index in [1.165, 1.54) is 37.1 Å². The van der Waals surface area contributed by atoms with Crippen LogP contribution in [-0.2, 0) is 4.79 Å². The average Bonchev–Trinajstić information content (AvgIpc) is 2.95. The predicted octanol–water partition coefficient (Wildman–Crippen LogP) is 4.95. The molecule has 5 rings (SSSR count). The van der Waals surface area contributed by atoms with Gasteiger partial charge in [0.2, 0.25) is 23.8 Å². The molecule has 3 heterocycles. The van der Waals surface area contributed by atoms with Gasteiger partial charge in [-0.05, 0) is 87.1 Å². The van der Waals surface area contributed by atoms with E-state index in [-0.39, 0.29) is 12.2 Å². The molecule has 9 nitrogen and oxygen atoms in total. The molecule has 2 fully saturated rings. The predicted molar refractivity (Wildman–Crippen MR) is 146 cm³/mol. The molecular weight excluding hydrogens is 485 g/mol. The minimum atomic E-state index is -0.454. The van der Waals surface area contributed by atoms with Crippen molar-refractivity contribution in [2.75, 3.05) is 46.6 Å². The van der Waals surface area contributed by atoms with Crippen molar-refractivity contribution < 1.29 is 14.0 Å². The molecule has 38 heavy (non-hydrogen) atoms. The normalized spacial score (nSPS) is 15.7. The Morgan fingerprint density at radius 3 is 1.79 bits per heavy atom. The Morgan fingerprint density at radius 2 is 1.24 bits per heavy atom. The number of carbonyl (C=O) groups is 2. The summed E-state index contributed by atoms with van der Waals surface area (Å²) in [4.78, 5) is 43.6. The molecule has 0 unspecified atom stereocenters. The quantitative estimate of drug-likeness (QED) is 0.320. The van der Waals surface area contributed by atoms with E-state index in [1.807, 2.05) is 0 Å². The number of anilines is 5. The summed E-state index contributed by atoms with van der Waals surface area (Å²) in [5, 5.41) is 5.88. The van der Waals surface area contributed by atoms with Crippen molar-refractivity contribution in [3.05, 3.63) is 59.9 Å². The van der Waals surface area contributed by atoms with Crippen LogP contribution in [0.3, 0.4) is 0 Å². The third-order valence-corrected chi connectivity index (χ3v) is 6.80. The van der Waals surface area contributed by atoms with Gasteiger partial charge in [-0.3, -0.25) is 9.59 Å². The van der Waals surface area contributed by atoms with E-state index in [1.54, 1.807) is 24.3 Å². The highest BCUT2D eigenvalue weighted by molar-refractivity contribution is 6.11. The van der Waals surface area contributed by atoms with Crippen LogP contribution in [0.4, 0.5) is 33.6 Å². The number of aromatic nitrogens is 3. The molecule has 0 atom stereocenters. The molecule has 0 bridgehead atoms. The van der Waals surface area contributed by atoms with Gasteiger partial charge in [0.05, 0.1) is 6.42 Å². The van der Waals surface area contributed by atoms with Gasteiger partial charge in [0.1, 0.15) is 5.82 Å². The lowest BCUT2D eigenvalue weighted by Gasteiger charge is -2.30. The number of carbonyl (C=O) groups excluding carboxylic acids is 2. The summed E-state index contributed by atoms with van der Waals surface area (Å²) in [6.07, 6.45) is 6.66. The maximum absolute atomic E-state index is 13.0. The maximum Gasteiger partial charge on any atom is 0.233 e. The van der Waals surface area contributed by atoms with Crippen molar-refractivity contribution >= 4 is 40.9 Å². The van der Waals surface area contributed by atoms with E-state index in [4.69, 9.17) is 15.0 Å². The van der Waals surface area contributed by atoms with Crippen LogP contribution in [0.1, 0.15) is 55.3 Å². The van der Waals surface area contributed by atoms with E-state index >= 15 is 0 Å². The highest BCUT2D eigenvalue weighted by Gasteiger charge is 2.20. The van der Waals surface area contributed by atoms with Crippen LogP contribution < -0.4 is 20.4 Å². The molecule has 0 radical (unpaired) electrons. The SMILES string of the molecule is O=C(CC(=O)c1ccc(Nc2nc(N3CCCCC3)nc(N3CCCCC3)n2)cc1)Nc1ccc(F)cc1. The largest absolute Gasteiger partial charge is 0.341 e. The molecule has 2 aliphatic rings. The zero-order valence-electron chi connectivity index (χ0n) is 21.3. The second-order valence-electron chi connectivity index (χ2n) is 9.71. The van der Waals surface area contributed by atoms with Gasteiger partial charge in [0, 0.05) is 43.1 Å². The summed E-state index contributed by atoms with van der Waals surface area (Å²) in [5.41, 5.74) is 1.59. The summed E-state index contributed by atoms with van der Waals surface area (Å²) in [5.74, 6) is 0.707. The van der Waals surface area contributed by atoms with Crippen LogP contribution in [0.25, 0.3) is 0 Å². The highest BCUT2D eigenvalue weighted by Crippen LogP contribution is 2.24. The summed E-state index contributed by atoms with van der Waals surface area (Å²) in [7, 11) is 0. The standard InChI is InChI=1S/C28H32FN7O2/c29-21-9-13-22(14-10-21)30-25(38)19-24(37)20-7-11-23(12-8-20)31-26-32-27(35-15-3-1-4-16-35)34-28(33-26)36-17-5-2-6-18-36/h7-14H,1-6,15-19H2,(H,30,38)(H,31,32,33,34). The molecule has 3 aromatic rings. The van der Waals surface area contributed by atoms with Crippen LogP contribution >= 0.6 is 0 Å². The van der Waals surface area contributed by atoms with Gasteiger partial charge >= 0.3 is 0 Å². The Morgan fingerprint density at radius 1 is 0.711 bits per heavy atom. The van der Waals surface area contributed by atoms with Gasteiger partial charge in [-0.25, -0.2) is 4.39 Å². The van der Waals surface area contributed by atoms with Gasteiger partial charge < -0.3 is 20.4 Å². The number of halogens is 1. The Balaban J connectivity index is 1.26. The molecule has 0 saturated carbocycles.